The number of nitrogens with zero attached hydrogens (tertiary/aromatic N) is 1. The molecule has 1 atom stereocenters. The molecule has 9 heteroatoms. The third kappa shape index (κ3) is 3.65. The molecule has 0 aliphatic heterocycles. The molecule has 1 rings (SSSR count). The molecule has 0 aromatic heterocycles. The van der Waals surface area contributed by atoms with Gasteiger partial charge in [-0.2, -0.15) is 0 Å². The molecule has 0 fully saturated rings. The minimum absolute atomic E-state index is 0.0463. The number of nitro groups is 1. The Morgan fingerprint density at radius 2 is 2.15 bits per heavy atom. The van der Waals surface area contributed by atoms with Crippen LogP contribution in [0.5, 0.6) is 5.75 Å². The molecule has 3 N–H and O–H groups in total. The van der Waals surface area contributed by atoms with Crippen LogP contribution in [0.4, 0.5) is 5.69 Å². The van der Waals surface area contributed by atoms with Gasteiger partial charge in [0.2, 0.25) is 0 Å². The zero-order valence-corrected chi connectivity index (χ0v) is 10.4. The molecule has 0 spiro atoms. The van der Waals surface area contributed by atoms with Gasteiger partial charge in [-0.15, -0.1) is 0 Å². The number of hydrogen-bond donors (Lipinski definition) is 3. The fourth-order valence-electron chi connectivity index (χ4n) is 1.35. The smallest absolute Gasteiger partial charge is 0.334 e. The van der Waals surface area contributed by atoms with Gasteiger partial charge < -0.3 is 20.3 Å². The van der Waals surface area contributed by atoms with E-state index < -0.39 is 29.4 Å². The number of ether oxygens (including phenoxy) is 1. The standard InChI is InChI=1S/C11H12N2O7/c1-20-9-4-6(2-3-7(9)13(18)19)10(15)12-5-8(14)11(16)17/h2-4,8,14H,5H2,1H3,(H,12,15)(H,16,17)/t8-/m0/s1. The van der Waals surface area contributed by atoms with Crippen LogP contribution in [0.3, 0.4) is 0 Å². The molecule has 0 heterocycles. The van der Waals surface area contributed by atoms with Crippen molar-refractivity contribution in [1.29, 1.82) is 0 Å². The second-order valence-electron chi connectivity index (χ2n) is 3.71. The van der Waals surface area contributed by atoms with Crippen molar-refractivity contribution in [2.24, 2.45) is 0 Å². The van der Waals surface area contributed by atoms with Gasteiger partial charge in [0.1, 0.15) is 0 Å². The summed E-state index contributed by atoms with van der Waals surface area (Å²) in [7, 11) is 1.22. The van der Waals surface area contributed by atoms with E-state index in [-0.39, 0.29) is 17.0 Å². The molecule has 0 aliphatic rings. The molecule has 9 nitrogen and oxygen atoms in total. The van der Waals surface area contributed by atoms with Gasteiger partial charge in [-0.3, -0.25) is 14.9 Å². The number of nitrogens with one attached hydrogen (secondary N) is 1. The van der Waals surface area contributed by atoms with Crippen LogP contribution in [-0.2, 0) is 4.79 Å². The van der Waals surface area contributed by atoms with Gasteiger partial charge in [0.05, 0.1) is 18.6 Å². The number of rotatable bonds is 6. The minimum atomic E-state index is -1.72. The van der Waals surface area contributed by atoms with Gasteiger partial charge in [-0.05, 0) is 6.07 Å². The zero-order valence-electron chi connectivity index (χ0n) is 10.4. The first kappa shape index (κ1) is 15.4. The normalized spacial score (nSPS) is 11.5. The number of hydrogen-bond acceptors (Lipinski definition) is 6. The number of benzene rings is 1. The number of methoxy groups -OCH3 is 1. The van der Waals surface area contributed by atoms with Crippen LogP contribution >= 0.6 is 0 Å². The number of aliphatic carboxylic acids is 1. The molecule has 1 aromatic carbocycles. The minimum Gasteiger partial charge on any atom is -0.490 e. The van der Waals surface area contributed by atoms with Gasteiger partial charge in [-0.25, -0.2) is 4.79 Å². The van der Waals surface area contributed by atoms with Gasteiger partial charge in [-0.1, -0.05) is 0 Å². The molecule has 0 radical (unpaired) electrons. The van der Waals surface area contributed by atoms with Crippen molar-refractivity contribution in [2.75, 3.05) is 13.7 Å². The summed E-state index contributed by atoms with van der Waals surface area (Å²) in [6.07, 6.45) is -1.72. The first-order chi connectivity index (χ1) is 9.36. The highest BCUT2D eigenvalue weighted by molar-refractivity contribution is 5.95. The highest BCUT2D eigenvalue weighted by Crippen LogP contribution is 2.27. The number of aliphatic hydroxyl groups is 1. The van der Waals surface area contributed by atoms with Gasteiger partial charge >= 0.3 is 11.7 Å². The summed E-state index contributed by atoms with van der Waals surface area (Å²) in [4.78, 5) is 32.1. The number of carbonyl (C=O) groups excluding carboxylic acids is 1. The predicted molar refractivity (Wildman–Crippen MR) is 65.6 cm³/mol. The topological polar surface area (TPSA) is 139 Å². The van der Waals surface area contributed by atoms with E-state index in [0.717, 1.165) is 12.1 Å². The first-order valence-corrected chi connectivity index (χ1v) is 5.38. The van der Waals surface area contributed by atoms with Crippen molar-refractivity contribution in [2.45, 2.75) is 6.10 Å². The molecule has 1 amide bonds. The maximum Gasteiger partial charge on any atom is 0.334 e. The molecule has 0 bridgehead atoms. The van der Waals surface area contributed by atoms with Crippen molar-refractivity contribution < 1.29 is 29.5 Å². The monoisotopic (exact) mass is 284 g/mol. The Bertz CT molecular complexity index is 544. The maximum atomic E-state index is 11.7. The average Bonchev–Trinajstić information content (AvgIpc) is 2.43. The summed E-state index contributed by atoms with van der Waals surface area (Å²) in [6.45, 7) is -0.479. The lowest BCUT2D eigenvalue weighted by Crippen LogP contribution is -2.36. The highest BCUT2D eigenvalue weighted by atomic mass is 16.6. The number of carboxylic acid groups (broad SMARTS) is 1. The number of carboxylic acids is 1. The Morgan fingerprint density at radius 3 is 2.65 bits per heavy atom. The second kappa shape index (κ2) is 6.48. The second-order valence-corrected chi connectivity index (χ2v) is 3.71. The van der Waals surface area contributed by atoms with Gasteiger partial charge in [0.15, 0.2) is 11.9 Å². The summed E-state index contributed by atoms with van der Waals surface area (Å²) in [5, 5.41) is 30.3. The van der Waals surface area contributed by atoms with Crippen LogP contribution < -0.4 is 10.1 Å². The number of nitro benzene ring substituents is 1. The molecule has 0 unspecified atom stereocenters. The van der Waals surface area contributed by atoms with Gasteiger partial charge in [0.25, 0.3) is 5.91 Å². The summed E-state index contributed by atoms with van der Waals surface area (Å²) in [6, 6.07) is 3.45. The molecular weight excluding hydrogens is 272 g/mol. The Kier molecular flexibility index (Phi) is 4.98. The van der Waals surface area contributed by atoms with E-state index in [1.807, 2.05) is 0 Å². The zero-order chi connectivity index (χ0) is 15.3. The maximum absolute atomic E-state index is 11.7. The van der Waals surface area contributed by atoms with Crippen LogP contribution in [-0.4, -0.2) is 46.8 Å². The third-order valence-corrected chi connectivity index (χ3v) is 2.38. The summed E-state index contributed by atoms with van der Waals surface area (Å²) in [5.74, 6) is -2.24. The van der Waals surface area contributed by atoms with Crippen molar-refractivity contribution in [1.82, 2.24) is 5.32 Å². The van der Waals surface area contributed by atoms with E-state index >= 15 is 0 Å². The van der Waals surface area contributed by atoms with Crippen LogP contribution in [0.25, 0.3) is 0 Å². The van der Waals surface area contributed by atoms with Crippen molar-refractivity contribution in [3.63, 3.8) is 0 Å². The lowest BCUT2D eigenvalue weighted by atomic mass is 10.1. The predicted octanol–water partition coefficient (Wildman–Crippen LogP) is -0.221. The van der Waals surface area contributed by atoms with Crippen molar-refractivity contribution >= 4 is 17.6 Å². The van der Waals surface area contributed by atoms with Crippen LogP contribution in [0.15, 0.2) is 18.2 Å². The lowest BCUT2D eigenvalue weighted by molar-refractivity contribution is -0.385. The van der Waals surface area contributed by atoms with Crippen molar-refractivity contribution in [3.05, 3.63) is 33.9 Å². The number of amides is 1. The van der Waals surface area contributed by atoms with Gasteiger partial charge in [0, 0.05) is 17.7 Å². The van der Waals surface area contributed by atoms with E-state index in [2.05, 4.69) is 5.32 Å². The lowest BCUT2D eigenvalue weighted by Gasteiger charge is -2.08. The highest BCUT2D eigenvalue weighted by Gasteiger charge is 2.19. The molecule has 1 aromatic rings. The largest absolute Gasteiger partial charge is 0.490 e. The Morgan fingerprint density at radius 1 is 1.50 bits per heavy atom. The number of aliphatic hydroxyl groups excluding tert-OH is 1. The summed E-state index contributed by atoms with van der Waals surface area (Å²) < 4.78 is 4.80. The molecule has 0 saturated heterocycles. The Labute approximate surface area is 112 Å². The number of carbonyl (C=O) groups is 2. The first-order valence-electron chi connectivity index (χ1n) is 5.38. The Hall–Kier alpha value is -2.68. The third-order valence-electron chi connectivity index (χ3n) is 2.38. The SMILES string of the molecule is COc1cc(C(=O)NC[C@H](O)C(=O)O)ccc1[N+](=O)[O-]. The van der Waals surface area contributed by atoms with E-state index in [9.17, 15) is 19.7 Å². The molecule has 0 aliphatic carbocycles. The molecule has 20 heavy (non-hydrogen) atoms. The average molecular weight is 284 g/mol. The van der Waals surface area contributed by atoms with Crippen molar-refractivity contribution in [3.8, 4) is 5.75 Å². The van der Waals surface area contributed by atoms with Crippen LogP contribution in [0, 0.1) is 10.1 Å². The van der Waals surface area contributed by atoms with E-state index in [1.165, 1.54) is 13.2 Å². The van der Waals surface area contributed by atoms with E-state index in [0.29, 0.717) is 0 Å². The van der Waals surface area contributed by atoms with E-state index in [1.54, 1.807) is 0 Å². The molecular formula is C11H12N2O7. The summed E-state index contributed by atoms with van der Waals surface area (Å²) in [5.41, 5.74) is -0.250. The fraction of sp³-hybridized carbons (Fsp3) is 0.273. The molecule has 0 saturated carbocycles. The summed E-state index contributed by atoms with van der Waals surface area (Å²) >= 11 is 0. The molecule has 108 valence electrons. The van der Waals surface area contributed by atoms with Crippen LogP contribution in [0.1, 0.15) is 10.4 Å². The van der Waals surface area contributed by atoms with E-state index in [4.69, 9.17) is 14.9 Å². The quantitative estimate of drug-likeness (QED) is 0.484. The fourth-order valence-corrected chi connectivity index (χ4v) is 1.35. The van der Waals surface area contributed by atoms with Crippen LogP contribution in [0.2, 0.25) is 0 Å². The Balaban J connectivity index is 2.84.